The fourth-order valence-electron chi connectivity index (χ4n) is 3.06. The van der Waals surface area contributed by atoms with Gasteiger partial charge in [-0.2, -0.15) is 0 Å². The van der Waals surface area contributed by atoms with Crippen molar-refractivity contribution in [3.63, 3.8) is 0 Å². The number of fused-ring (bicyclic) bond motifs is 1. The van der Waals surface area contributed by atoms with E-state index in [-0.39, 0.29) is 5.60 Å². The van der Waals surface area contributed by atoms with Crippen LogP contribution in [0.25, 0.3) is 10.9 Å². The first-order valence-corrected chi connectivity index (χ1v) is 7.04. The van der Waals surface area contributed by atoms with Gasteiger partial charge in [-0.15, -0.1) is 0 Å². The van der Waals surface area contributed by atoms with Gasteiger partial charge in [-0.3, -0.25) is 0 Å². The third kappa shape index (κ3) is 2.40. The van der Waals surface area contributed by atoms with Crippen LogP contribution in [-0.2, 0) is 17.8 Å². The molecule has 2 aromatic rings. The largest absolute Gasteiger partial charge is 0.370 e. The van der Waals surface area contributed by atoms with Crippen molar-refractivity contribution in [3.8, 4) is 0 Å². The highest BCUT2D eigenvalue weighted by molar-refractivity contribution is 5.83. The minimum absolute atomic E-state index is 0.0321. The molecule has 3 nitrogen and oxygen atoms in total. The van der Waals surface area contributed by atoms with Gasteiger partial charge < -0.3 is 15.0 Å². The number of para-hydroxylation sites is 1. The SMILES string of the molecule is CC1(C)CCC(Cn2cc(CN)c3ccccc32)O1. The first-order valence-electron chi connectivity index (χ1n) is 7.04. The van der Waals surface area contributed by atoms with Gasteiger partial charge in [-0.25, -0.2) is 0 Å². The predicted molar refractivity (Wildman–Crippen MR) is 78.0 cm³/mol. The van der Waals surface area contributed by atoms with Gasteiger partial charge in [0.1, 0.15) is 0 Å². The van der Waals surface area contributed by atoms with Gasteiger partial charge in [0.2, 0.25) is 0 Å². The summed E-state index contributed by atoms with van der Waals surface area (Å²) in [5.41, 5.74) is 8.34. The zero-order valence-corrected chi connectivity index (χ0v) is 11.7. The lowest BCUT2D eigenvalue weighted by Gasteiger charge is -2.19. The minimum atomic E-state index is 0.0321. The molecule has 1 aliphatic rings. The van der Waals surface area contributed by atoms with E-state index in [1.165, 1.54) is 16.5 Å². The van der Waals surface area contributed by atoms with E-state index in [0.717, 1.165) is 19.4 Å². The average molecular weight is 258 g/mol. The van der Waals surface area contributed by atoms with Crippen molar-refractivity contribution >= 4 is 10.9 Å². The van der Waals surface area contributed by atoms with E-state index in [1.807, 2.05) is 0 Å². The highest BCUT2D eigenvalue weighted by Gasteiger charge is 2.31. The van der Waals surface area contributed by atoms with Crippen LogP contribution in [0.1, 0.15) is 32.3 Å². The highest BCUT2D eigenvalue weighted by Crippen LogP contribution is 2.31. The van der Waals surface area contributed by atoms with Gasteiger partial charge >= 0.3 is 0 Å². The van der Waals surface area contributed by atoms with Crippen molar-refractivity contribution in [1.29, 1.82) is 0 Å². The number of aromatic nitrogens is 1. The van der Waals surface area contributed by atoms with Crippen molar-refractivity contribution in [1.82, 2.24) is 4.57 Å². The molecule has 1 atom stereocenters. The first-order chi connectivity index (χ1) is 9.09. The Hall–Kier alpha value is -1.32. The predicted octanol–water partition coefficient (Wildman–Crippen LogP) is 3.06. The second kappa shape index (κ2) is 4.66. The Labute approximate surface area is 114 Å². The molecule has 1 saturated heterocycles. The summed E-state index contributed by atoms with van der Waals surface area (Å²) in [7, 11) is 0. The Bertz CT molecular complexity index is 585. The number of nitrogens with zero attached hydrogens (tertiary/aromatic N) is 1. The van der Waals surface area contributed by atoms with Gasteiger partial charge in [-0.1, -0.05) is 18.2 Å². The van der Waals surface area contributed by atoms with Crippen LogP contribution in [-0.4, -0.2) is 16.3 Å². The summed E-state index contributed by atoms with van der Waals surface area (Å²) in [5.74, 6) is 0. The molecular formula is C16H22N2O. The van der Waals surface area contributed by atoms with Crippen LogP contribution < -0.4 is 5.73 Å². The second-order valence-corrected chi connectivity index (χ2v) is 6.07. The fraction of sp³-hybridized carbons (Fsp3) is 0.500. The number of hydrogen-bond acceptors (Lipinski definition) is 2. The van der Waals surface area contributed by atoms with Crippen LogP contribution in [0.2, 0.25) is 0 Å². The summed E-state index contributed by atoms with van der Waals surface area (Å²) in [6.45, 7) is 5.85. The highest BCUT2D eigenvalue weighted by atomic mass is 16.5. The van der Waals surface area contributed by atoms with Crippen LogP contribution in [0.5, 0.6) is 0 Å². The zero-order chi connectivity index (χ0) is 13.5. The molecule has 3 rings (SSSR count). The molecular weight excluding hydrogens is 236 g/mol. The molecule has 2 N–H and O–H groups in total. The smallest absolute Gasteiger partial charge is 0.0762 e. The third-order valence-electron chi connectivity index (χ3n) is 4.05. The zero-order valence-electron chi connectivity index (χ0n) is 11.7. The van der Waals surface area contributed by atoms with Gasteiger partial charge in [0.05, 0.1) is 11.7 Å². The number of hydrogen-bond donors (Lipinski definition) is 1. The molecule has 2 heterocycles. The minimum Gasteiger partial charge on any atom is -0.370 e. The molecule has 0 spiro atoms. The van der Waals surface area contributed by atoms with Crippen molar-refractivity contribution in [2.45, 2.75) is 51.5 Å². The topological polar surface area (TPSA) is 40.2 Å². The third-order valence-corrected chi connectivity index (χ3v) is 4.05. The van der Waals surface area contributed by atoms with Crippen molar-refractivity contribution in [3.05, 3.63) is 36.0 Å². The first kappa shape index (κ1) is 12.7. The number of rotatable bonds is 3. The van der Waals surface area contributed by atoms with Crippen molar-refractivity contribution in [2.24, 2.45) is 5.73 Å². The van der Waals surface area contributed by atoms with Crippen LogP contribution in [0.4, 0.5) is 0 Å². The molecule has 0 radical (unpaired) electrons. The molecule has 0 aliphatic carbocycles. The summed E-state index contributed by atoms with van der Waals surface area (Å²) in [6, 6.07) is 8.46. The Morgan fingerprint density at radius 1 is 1.37 bits per heavy atom. The Balaban J connectivity index is 1.89. The van der Waals surface area contributed by atoms with Gasteiger partial charge in [0.15, 0.2) is 0 Å². The molecule has 1 aromatic heterocycles. The van der Waals surface area contributed by atoms with Gasteiger partial charge in [0.25, 0.3) is 0 Å². The van der Waals surface area contributed by atoms with Crippen molar-refractivity contribution < 1.29 is 4.74 Å². The molecule has 3 heteroatoms. The Kier molecular flexibility index (Phi) is 3.11. The average Bonchev–Trinajstić information content (AvgIpc) is 2.91. The van der Waals surface area contributed by atoms with E-state index in [1.54, 1.807) is 0 Å². The van der Waals surface area contributed by atoms with Gasteiger partial charge in [0, 0.05) is 30.2 Å². The van der Waals surface area contributed by atoms with E-state index in [9.17, 15) is 0 Å². The summed E-state index contributed by atoms with van der Waals surface area (Å²) in [6.07, 6.45) is 4.77. The van der Waals surface area contributed by atoms with E-state index in [0.29, 0.717) is 12.6 Å². The molecule has 1 aromatic carbocycles. The molecule has 0 amide bonds. The van der Waals surface area contributed by atoms with Crippen LogP contribution in [0.3, 0.4) is 0 Å². The quantitative estimate of drug-likeness (QED) is 0.919. The van der Waals surface area contributed by atoms with Crippen LogP contribution >= 0.6 is 0 Å². The maximum atomic E-state index is 6.09. The van der Waals surface area contributed by atoms with Crippen LogP contribution in [0, 0.1) is 0 Å². The molecule has 1 unspecified atom stereocenters. The van der Waals surface area contributed by atoms with E-state index >= 15 is 0 Å². The Morgan fingerprint density at radius 2 is 2.16 bits per heavy atom. The molecule has 1 fully saturated rings. The number of ether oxygens (including phenoxy) is 1. The normalized spacial score (nSPS) is 22.2. The lowest BCUT2D eigenvalue weighted by Crippen LogP contribution is -2.22. The maximum Gasteiger partial charge on any atom is 0.0762 e. The molecule has 19 heavy (non-hydrogen) atoms. The molecule has 0 bridgehead atoms. The van der Waals surface area contributed by atoms with Gasteiger partial charge in [-0.05, 0) is 38.3 Å². The standard InChI is InChI=1S/C16H22N2O/c1-16(2)8-7-13(19-16)11-18-10-12(9-17)14-5-3-4-6-15(14)18/h3-6,10,13H,7-9,11,17H2,1-2H3. The summed E-state index contributed by atoms with van der Waals surface area (Å²) in [4.78, 5) is 0. The van der Waals surface area contributed by atoms with Crippen molar-refractivity contribution in [2.75, 3.05) is 0 Å². The molecule has 102 valence electrons. The maximum absolute atomic E-state index is 6.09. The van der Waals surface area contributed by atoms with E-state index in [2.05, 4.69) is 48.9 Å². The monoisotopic (exact) mass is 258 g/mol. The van der Waals surface area contributed by atoms with E-state index < -0.39 is 0 Å². The summed E-state index contributed by atoms with van der Waals surface area (Å²) >= 11 is 0. The second-order valence-electron chi connectivity index (χ2n) is 6.07. The number of benzene rings is 1. The lowest BCUT2D eigenvalue weighted by atomic mass is 10.1. The summed E-state index contributed by atoms with van der Waals surface area (Å²) in [5, 5.41) is 1.27. The fourth-order valence-corrected chi connectivity index (χ4v) is 3.06. The summed E-state index contributed by atoms with van der Waals surface area (Å²) < 4.78 is 8.39. The number of nitrogens with two attached hydrogens (primary N) is 1. The molecule has 1 aliphatic heterocycles. The Morgan fingerprint density at radius 3 is 2.84 bits per heavy atom. The molecule has 0 saturated carbocycles. The lowest BCUT2D eigenvalue weighted by molar-refractivity contribution is -0.0212. The van der Waals surface area contributed by atoms with E-state index in [4.69, 9.17) is 10.5 Å². The van der Waals surface area contributed by atoms with Crippen LogP contribution in [0.15, 0.2) is 30.5 Å².